The smallest absolute Gasteiger partial charge is 0.490 e. The molecule has 4 amide bonds. The average molecular weight is 661 g/mol. The van der Waals surface area contributed by atoms with E-state index in [4.69, 9.17) is 14.6 Å². The van der Waals surface area contributed by atoms with Gasteiger partial charge in [-0.15, -0.1) is 0 Å². The summed E-state index contributed by atoms with van der Waals surface area (Å²) in [5.74, 6) is -4.05. The van der Waals surface area contributed by atoms with Crippen molar-refractivity contribution in [2.75, 3.05) is 25.5 Å². The van der Waals surface area contributed by atoms with Gasteiger partial charge in [0.2, 0.25) is 11.8 Å². The Labute approximate surface area is 268 Å². The fraction of sp³-hybridized carbons (Fsp3) is 0.281. The second kappa shape index (κ2) is 19.0. The number of nitrogens with one attached hydrogen (secondary N) is 4. The zero-order chi connectivity index (χ0) is 34.8. The monoisotopic (exact) mass is 660 g/mol. The molecule has 6 N–H and O–H groups in total. The van der Waals surface area contributed by atoms with Crippen molar-refractivity contribution in [1.82, 2.24) is 16.0 Å². The molecule has 3 aromatic carbocycles. The van der Waals surface area contributed by atoms with Crippen LogP contribution >= 0.6 is 0 Å². The average Bonchev–Trinajstić information content (AvgIpc) is 3.03. The summed E-state index contributed by atoms with van der Waals surface area (Å²) in [6.45, 7) is 0.102. The maximum atomic E-state index is 12.5. The quantitative estimate of drug-likeness (QED) is 0.134. The summed E-state index contributed by atoms with van der Waals surface area (Å²) in [7, 11) is 1.52. The molecular formula is C32H35F3N4O8. The van der Waals surface area contributed by atoms with Crippen molar-refractivity contribution in [1.29, 1.82) is 0 Å². The number of ether oxygens (including phenoxy) is 1. The molecule has 0 aromatic heterocycles. The van der Waals surface area contributed by atoms with Gasteiger partial charge in [0, 0.05) is 13.0 Å². The van der Waals surface area contributed by atoms with E-state index in [1.54, 1.807) is 36.4 Å². The predicted octanol–water partition coefficient (Wildman–Crippen LogP) is 4.74. The molecule has 12 nitrogen and oxygen atoms in total. The first-order valence-electron chi connectivity index (χ1n) is 14.2. The number of anilines is 1. The summed E-state index contributed by atoms with van der Waals surface area (Å²) in [6, 6.07) is 23.0. The molecule has 0 radical (unpaired) electrons. The number of methoxy groups -OCH3 is 1. The molecule has 15 heteroatoms. The number of alkyl halides is 3. The number of hydrogen-bond donors (Lipinski definition) is 6. The molecule has 0 saturated heterocycles. The number of aliphatic carboxylic acids is 2. The van der Waals surface area contributed by atoms with Gasteiger partial charge in [-0.2, -0.15) is 13.2 Å². The van der Waals surface area contributed by atoms with Crippen LogP contribution in [-0.2, 0) is 19.2 Å². The Morgan fingerprint density at radius 1 is 0.787 bits per heavy atom. The molecule has 0 fully saturated rings. The Balaban J connectivity index is 0.000000984. The normalized spacial score (nSPS) is 11.1. The van der Waals surface area contributed by atoms with Crippen molar-refractivity contribution in [2.45, 2.75) is 37.9 Å². The molecule has 47 heavy (non-hydrogen) atoms. The number of urea groups is 1. The fourth-order valence-corrected chi connectivity index (χ4v) is 4.00. The van der Waals surface area contributed by atoms with Gasteiger partial charge in [-0.1, -0.05) is 66.7 Å². The third kappa shape index (κ3) is 14.4. The number of amides is 4. The van der Waals surface area contributed by atoms with E-state index in [9.17, 15) is 37.5 Å². The maximum absolute atomic E-state index is 12.5. The van der Waals surface area contributed by atoms with Gasteiger partial charge in [0.1, 0.15) is 5.75 Å². The van der Waals surface area contributed by atoms with Crippen LogP contribution < -0.4 is 26.0 Å². The first-order valence-corrected chi connectivity index (χ1v) is 14.2. The lowest BCUT2D eigenvalue weighted by molar-refractivity contribution is -0.192. The predicted molar refractivity (Wildman–Crippen MR) is 166 cm³/mol. The standard InChI is InChI=1S/C30H34N4O6.C2HF3O2/c1-40-26-12-6-5-11-24(26)34-30(39)31-18-8-7-13-27(35)32-20-28(36)33-25(19-29(37)38)23-16-14-22(15-17-23)21-9-3-2-4-10-21;3-2(4,5)1(6)7/h2-6,9-12,14-17,25H,7-8,13,18-20H2,1H3,(H,32,35)(H,33,36)(H,37,38)(H2,31,34,39);(H,6,7). The van der Waals surface area contributed by atoms with Gasteiger partial charge < -0.3 is 36.2 Å². The molecule has 1 atom stereocenters. The Bertz CT molecular complexity index is 1490. The van der Waals surface area contributed by atoms with E-state index in [2.05, 4.69) is 21.3 Å². The van der Waals surface area contributed by atoms with Crippen LogP contribution in [0.4, 0.5) is 23.7 Å². The highest BCUT2D eigenvalue weighted by Crippen LogP contribution is 2.24. The molecule has 3 aromatic rings. The Hall–Kier alpha value is -5.60. The van der Waals surface area contributed by atoms with Gasteiger partial charge in [-0.25, -0.2) is 9.59 Å². The summed E-state index contributed by atoms with van der Waals surface area (Å²) >= 11 is 0. The van der Waals surface area contributed by atoms with Crippen LogP contribution in [0.25, 0.3) is 11.1 Å². The number of carboxylic acids is 2. The lowest BCUT2D eigenvalue weighted by Crippen LogP contribution is -2.39. The van der Waals surface area contributed by atoms with Crippen LogP contribution in [0.3, 0.4) is 0 Å². The zero-order valence-corrected chi connectivity index (χ0v) is 25.3. The van der Waals surface area contributed by atoms with Crippen molar-refractivity contribution in [3.63, 3.8) is 0 Å². The van der Waals surface area contributed by atoms with Gasteiger partial charge in [0.25, 0.3) is 0 Å². The minimum absolute atomic E-state index is 0.183. The second-order valence-electron chi connectivity index (χ2n) is 9.82. The minimum Gasteiger partial charge on any atom is -0.495 e. The number of rotatable bonds is 14. The largest absolute Gasteiger partial charge is 0.495 e. The third-order valence-corrected chi connectivity index (χ3v) is 6.29. The lowest BCUT2D eigenvalue weighted by atomic mass is 9.99. The molecule has 1 unspecified atom stereocenters. The molecule has 0 aliphatic heterocycles. The minimum atomic E-state index is -5.08. The third-order valence-electron chi connectivity index (χ3n) is 6.29. The Morgan fingerprint density at radius 3 is 1.98 bits per heavy atom. The van der Waals surface area contributed by atoms with Crippen LogP contribution in [0.2, 0.25) is 0 Å². The highest BCUT2D eigenvalue weighted by atomic mass is 19.4. The van der Waals surface area contributed by atoms with Crippen molar-refractivity contribution >= 4 is 35.5 Å². The molecule has 0 saturated carbocycles. The second-order valence-corrected chi connectivity index (χ2v) is 9.82. The van der Waals surface area contributed by atoms with Crippen molar-refractivity contribution < 1.29 is 52.1 Å². The van der Waals surface area contributed by atoms with Crippen molar-refractivity contribution in [2.24, 2.45) is 0 Å². The Morgan fingerprint density at radius 2 is 1.38 bits per heavy atom. The number of halogens is 3. The number of benzene rings is 3. The van der Waals surface area contributed by atoms with E-state index < -0.39 is 30.1 Å². The van der Waals surface area contributed by atoms with Crippen LogP contribution in [0.5, 0.6) is 5.75 Å². The van der Waals surface area contributed by atoms with Gasteiger partial charge in [-0.3, -0.25) is 14.4 Å². The summed E-state index contributed by atoms with van der Waals surface area (Å²) in [5.41, 5.74) is 3.21. The first-order chi connectivity index (χ1) is 22.3. The topological polar surface area (TPSA) is 183 Å². The van der Waals surface area contributed by atoms with E-state index in [0.717, 1.165) is 11.1 Å². The van der Waals surface area contributed by atoms with Gasteiger partial charge in [0.15, 0.2) is 0 Å². The summed E-state index contributed by atoms with van der Waals surface area (Å²) in [5, 5.41) is 27.1. The Kier molecular flexibility index (Phi) is 15.2. The van der Waals surface area contributed by atoms with E-state index >= 15 is 0 Å². The van der Waals surface area contributed by atoms with Crippen LogP contribution in [0.15, 0.2) is 78.9 Å². The lowest BCUT2D eigenvalue weighted by Gasteiger charge is -2.18. The van der Waals surface area contributed by atoms with Gasteiger partial charge in [0.05, 0.1) is 31.8 Å². The molecule has 0 aliphatic carbocycles. The summed E-state index contributed by atoms with van der Waals surface area (Å²) in [4.78, 5) is 57.0. The first kappa shape index (κ1) is 37.6. The number of para-hydroxylation sites is 2. The number of hydrogen-bond acceptors (Lipinski definition) is 6. The van der Waals surface area contributed by atoms with E-state index in [-0.39, 0.29) is 31.3 Å². The molecule has 0 aliphatic rings. The van der Waals surface area contributed by atoms with Crippen LogP contribution in [0, 0.1) is 0 Å². The molecule has 0 heterocycles. The fourth-order valence-electron chi connectivity index (χ4n) is 4.00. The van der Waals surface area contributed by atoms with E-state index in [0.29, 0.717) is 36.4 Å². The maximum Gasteiger partial charge on any atom is 0.490 e. The highest BCUT2D eigenvalue weighted by molar-refractivity contribution is 5.91. The van der Waals surface area contributed by atoms with E-state index in [1.165, 1.54) is 7.11 Å². The van der Waals surface area contributed by atoms with Gasteiger partial charge >= 0.3 is 24.1 Å². The molecule has 0 bridgehead atoms. The molecule has 252 valence electrons. The number of carbonyl (C=O) groups is 5. The molecule has 0 spiro atoms. The van der Waals surface area contributed by atoms with Crippen molar-refractivity contribution in [3.8, 4) is 16.9 Å². The highest BCUT2D eigenvalue weighted by Gasteiger charge is 2.38. The SMILES string of the molecule is COc1ccccc1NC(=O)NCCCCC(=O)NCC(=O)NC(CC(=O)O)c1ccc(-c2ccccc2)cc1.O=C(O)C(F)(F)F. The summed E-state index contributed by atoms with van der Waals surface area (Å²) < 4.78 is 36.9. The molecule has 3 rings (SSSR count). The van der Waals surface area contributed by atoms with Crippen LogP contribution in [-0.4, -0.2) is 66.4 Å². The summed E-state index contributed by atoms with van der Waals surface area (Å²) in [6.07, 6.45) is -4.11. The van der Waals surface area contributed by atoms with Crippen LogP contribution in [0.1, 0.15) is 37.3 Å². The van der Waals surface area contributed by atoms with Crippen molar-refractivity contribution in [3.05, 3.63) is 84.4 Å². The van der Waals surface area contributed by atoms with Gasteiger partial charge in [-0.05, 0) is 41.7 Å². The number of unbranched alkanes of at least 4 members (excludes halogenated alkanes) is 1. The number of carboxylic acid groups (broad SMARTS) is 2. The zero-order valence-electron chi connectivity index (χ0n) is 25.3. The number of carbonyl (C=O) groups excluding carboxylic acids is 3. The van der Waals surface area contributed by atoms with E-state index in [1.807, 2.05) is 42.5 Å². The molecular weight excluding hydrogens is 625 g/mol.